The molecule has 0 saturated heterocycles. The van der Waals surface area contributed by atoms with Gasteiger partial charge in [0.25, 0.3) is 0 Å². The van der Waals surface area contributed by atoms with E-state index >= 15 is 0 Å². The van der Waals surface area contributed by atoms with E-state index in [1.165, 1.54) is 7.05 Å². The molecule has 114 valence electrons. The first-order valence-electron chi connectivity index (χ1n) is 4.99. The van der Waals surface area contributed by atoms with Crippen LogP contribution in [0.2, 0.25) is 0 Å². The second kappa shape index (κ2) is 5.67. The van der Waals surface area contributed by atoms with E-state index in [1.807, 2.05) is 0 Å². The van der Waals surface area contributed by atoms with E-state index in [4.69, 9.17) is 0 Å². The average Bonchev–Trinajstić information content (AvgIpc) is 2.34. The molecule has 1 aromatic rings. The highest BCUT2D eigenvalue weighted by atomic mass is 19.4. The SMILES string of the molecule is CNc1nc(OCC(F)(F)C(F)F)cc(C(F)(F)F)n1. The highest BCUT2D eigenvalue weighted by molar-refractivity contribution is 5.31. The number of hydrogen-bond donors (Lipinski definition) is 1. The number of rotatable bonds is 5. The Morgan fingerprint density at radius 3 is 2.25 bits per heavy atom. The van der Waals surface area contributed by atoms with Crippen LogP contribution in [-0.4, -0.2) is 36.0 Å². The molecule has 1 heterocycles. The van der Waals surface area contributed by atoms with Crippen molar-refractivity contribution in [2.45, 2.75) is 18.5 Å². The van der Waals surface area contributed by atoms with E-state index in [0.29, 0.717) is 0 Å². The Morgan fingerprint density at radius 1 is 1.20 bits per heavy atom. The summed E-state index contributed by atoms with van der Waals surface area (Å²) >= 11 is 0. The van der Waals surface area contributed by atoms with Crippen LogP contribution >= 0.6 is 0 Å². The maximum absolute atomic E-state index is 12.6. The van der Waals surface area contributed by atoms with Crippen molar-refractivity contribution in [1.29, 1.82) is 0 Å². The van der Waals surface area contributed by atoms with E-state index < -0.39 is 42.7 Å². The van der Waals surface area contributed by atoms with Gasteiger partial charge in [-0.05, 0) is 0 Å². The molecular formula is C9H8F7N3O. The van der Waals surface area contributed by atoms with Crippen LogP contribution in [0.15, 0.2) is 6.07 Å². The van der Waals surface area contributed by atoms with Crippen molar-refractivity contribution in [2.24, 2.45) is 0 Å². The molecule has 0 aliphatic carbocycles. The van der Waals surface area contributed by atoms with Gasteiger partial charge in [0.05, 0.1) is 0 Å². The van der Waals surface area contributed by atoms with E-state index in [1.54, 1.807) is 0 Å². The lowest BCUT2D eigenvalue weighted by atomic mass is 10.3. The lowest BCUT2D eigenvalue weighted by molar-refractivity contribution is -0.149. The van der Waals surface area contributed by atoms with Crippen LogP contribution in [0.4, 0.5) is 36.7 Å². The fraction of sp³-hybridized carbons (Fsp3) is 0.556. The zero-order valence-corrected chi connectivity index (χ0v) is 9.81. The van der Waals surface area contributed by atoms with Gasteiger partial charge in [0.15, 0.2) is 12.3 Å². The van der Waals surface area contributed by atoms with Crippen molar-refractivity contribution in [3.63, 3.8) is 0 Å². The number of hydrogen-bond acceptors (Lipinski definition) is 4. The second-order valence-corrected chi connectivity index (χ2v) is 3.51. The summed E-state index contributed by atoms with van der Waals surface area (Å²) in [6, 6.07) is 0.238. The van der Waals surface area contributed by atoms with E-state index in [-0.39, 0.29) is 6.07 Å². The van der Waals surface area contributed by atoms with Gasteiger partial charge < -0.3 is 10.1 Å². The molecule has 1 aromatic heterocycles. The first-order chi connectivity index (χ1) is 9.06. The largest absolute Gasteiger partial charge is 0.471 e. The number of alkyl halides is 7. The van der Waals surface area contributed by atoms with Crippen LogP contribution in [0.25, 0.3) is 0 Å². The van der Waals surface area contributed by atoms with Crippen molar-refractivity contribution in [2.75, 3.05) is 19.0 Å². The topological polar surface area (TPSA) is 47.0 Å². The molecular weight excluding hydrogens is 299 g/mol. The van der Waals surface area contributed by atoms with Crippen LogP contribution in [0, 0.1) is 0 Å². The molecule has 0 atom stereocenters. The minimum absolute atomic E-state index is 0.238. The summed E-state index contributed by atoms with van der Waals surface area (Å²) in [7, 11) is 1.19. The number of aromatic nitrogens is 2. The van der Waals surface area contributed by atoms with Gasteiger partial charge in [0.2, 0.25) is 11.8 Å². The Bertz CT molecular complexity index is 463. The number of nitrogens with one attached hydrogen (secondary N) is 1. The zero-order valence-electron chi connectivity index (χ0n) is 9.81. The standard InChI is InChI=1S/C9H8F7N3O/c1-17-7-18-4(9(14,15)16)2-5(19-7)20-3-8(12,13)6(10)11/h2,6H,3H2,1H3,(H,17,18,19). The molecule has 1 N–H and O–H groups in total. The molecule has 1 rings (SSSR count). The summed E-state index contributed by atoms with van der Waals surface area (Å²) in [5.41, 5.74) is -1.45. The number of anilines is 1. The van der Waals surface area contributed by atoms with E-state index in [0.717, 1.165) is 0 Å². The summed E-state index contributed by atoms with van der Waals surface area (Å²) in [4.78, 5) is 6.34. The summed E-state index contributed by atoms with van der Waals surface area (Å²) < 4.78 is 90.5. The fourth-order valence-corrected chi connectivity index (χ4v) is 0.989. The molecule has 0 saturated carbocycles. The summed E-state index contributed by atoms with van der Waals surface area (Å²) in [6.07, 6.45) is -8.87. The van der Waals surface area contributed by atoms with Gasteiger partial charge in [-0.25, -0.2) is 13.8 Å². The third-order valence-corrected chi connectivity index (χ3v) is 1.95. The number of halogens is 7. The Morgan fingerprint density at radius 2 is 1.80 bits per heavy atom. The molecule has 0 aromatic carbocycles. The number of ether oxygens (including phenoxy) is 1. The second-order valence-electron chi connectivity index (χ2n) is 3.51. The average molecular weight is 307 g/mol. The van der Waals surface area contributed by atoms with Gasteiger partial charge in [0.1, 0.15) is 0 Å². The highest BCUT2D eigenvalue weighted by Gasteiger charge is 2.42. The maximum atomic E-state index is 12.6. The monoisotopic (exact) mass is 307 g/mol. The molecule has 0 radical (unpaired) electrons. The Labute approximate surface area is 108 Å². The third-order valence-electron chi connectivity index (χ3n) is 1.95. The predicted octanol–water partition coefficient (Wildman–Crippen LogP) is 2.82. The van der Waals surface area contributed by atoms with Gasteiger partial charge in [-0.1, -0.05) is 0 Å². The van der Waals surface area contributed by atoms with E-state index in [2.05, 4.69) is 20.0 Å². The highest BCUT2D eigenvalue weighted by Crippen LogP contribution is 2.31. The molecule has 0 aliphatic heterocycles. The Kier molecular flexibility index (Phi) is 4.61. The van der Waals surface area contributed by atoms with Crippen molar-refractivity contribution in [3.8, 4) is 5.88 Å². The Hall–Kier alpha value is -1.81. The molecule has 0 fully saturated rings. The summed E-state index contributed by atoms with van der Waals surface area (Å²) in [5, 5.41) is 2.16. The predicted molar refractivity (Wildman–Crippen MR) is 53.0 cm³/mol. The lowest BCUT2D eigenvalue weighted by Crippen LogP contribution is -2.34. The van der Waals surface area contributed by atoms with Gasteiger partial charge in [-0.3, -0.25) is 0 Å². The van der Waals surface area contributed by atoms with Gasteiger partial charge in [-0.15, -0.1) is 0 Å². The van der Waals surface area contributed by atoms with Crippen LogP contribution in [0.5, 0.6) is 5.88 Å². The van der Waals surface area contributed by atoms with Crippen LogP contribution in [0.3, 0.4) is 0 Å². The maximum Gasteiger partial charge on any atom is 0.433 e. The summed E-state index contributed by atoms with van der Waals surface area (Å²) in [6.45, 7) is -1.80. The van der Waals surface area contributed by atoms with Crippen molar-refractivity contribution >= 4 is 5.95 Å². The third kappa shape index (κ3) is 4.10. The lowest BCUT2D eigenvalue weighted by Gasteiger charge is -2.16. The minimum Gasteiger partial charge on any atom is -0.471 e. The number of nitrogens with zero attached hydrogens (tertiary/aromatic N) is 2. The molecule has 4 nitrogen and oxygen atoms in total. The van der Waals surface area contributed by atoms with Crippen LogP contribution < -0.4 is 10.1 Å². The van der Waals surface area contributed by atoms with Gasteiger partial charge in [0, 0.05) is 13.1 Å². The van der Waals surface area contributed by atoms with Crippen molar-refractivity contribution < 1.29 is 35.5 Å². The molecule has 0 amide bonds. The van der Waals surface area contributed by atoms with Crippen LogP contribution in [0.1, 0.15) is 5.69 Å². The van der Waals surface area contributed by atoms with Crippen molar-refractivity contribution in [1.82, 2.24) is 9.97 Å². The first kappa shape index (κ1) is 16.2. The normalized spacial score (nSPS) is 12.7. The molecule has 0 spiro atoms. The first-order valence-corrected chi connectivity index (χ1v) is 4.99. The fourth-order valence-electron chi connectivity index (χ4n) is 0.989. The van der Waals surface area contributed by atoms with Crippen molar-refractivity contribution in [3.05, 3.63) is 11.8 Å². The smallest absolute Gasteiger partial charge is 0.433 e. The van der Waals surface area contributed by atoms with Gasteiger partial charge in [-0.2, -0.15) is 26.9 Å². The molecule has 0 unspecified atom stereocenters. The quantitative estimate of drug-likeness (QED) is 0.850. The minimum atomic E-state index is -4.86. The Balaban J connectivity index is 2.96. The van der Waals surface area contributed by atoms with Crippen LogP contribution in [-0.2, 0) is 6.18 Å². The molecule has 20 heavy (non-hydrogen) atoms. The molecule has 11 heteroatoms. The molecule has 0 bridgehead atoms. The zero-order chi connectivity index (χ0) is 15.6. The molecule has 0 aliphatic rings. The summed E-state index contributed by atoms with van der Waals surface area (Å²) in [5.74, 6) is -5.93. The van der Waals surface area contributed by atoms with Gasteiger partial charge >= 0.3 is 18.5 Å². The van der Waals surface area contributed by atoms with E-state index in [9.17, 15) is 30.7 Å².